The van der Waals surface area contributed by atoms with Crippen LogP contribution in [0.15, 0.2) is 10.6 Å². The molecule has 3 aliphatic heterocycles. The Labute approximate surface area is 166 Å². The number of hydrogen-bond acceptors (Lipinski definition) is 6. The summed E-state index contributed by atoms with van der Waals surface area (Å²) in [7, 11) is 1.72. The van der Waals surface area contributed by atoms with Crippen LogP contribution in [0.1, 0.15) is 20.3 Å². The molecular formula is C15H19N2NaO5S. The summed E-state index contributed by atoms with van der Waals surface area (Å²) in [6.07, 6.45) is -0.464. The Bertz CT molecular complexity index is 623. The van der Waals surface area contributed by atoms with Crippen molar-refractivity contribution in [2.24, 2.45) is 11.8 Å². The Morgan fingerprint density at radius 2 is 2.04 bits per heavy atom. The molecule has 3 rings (SSSR count). The fourth-order valence-corrected chi connectivity index (χ4v) is 5.28. The second-order valence-corrected chi connectivity index (χ2v) is 7.81. The number of nitrogens with zero attached hydrogens (tertiary/aromatic N) is 2. The van der Waals surface area contributed by atoms with E-state index in [2.05, 4.69) is 0 Å². The Kier molecular flexibility index (Phi) is 5.76. The summed E-state index contributed by atoms with van der Waals surface area (Å²) < 4.78 is 0. The molecule has 0 aromatic rings. The van der Waals surface area contributed by atoms with E-state index in [1.807, 2.05) is 6.92 Å². The number of aliphatic hydroxyl groups is 1. The summed E-state index contributed by atoms with van der Waals surface area (Å²) in [6.45, 7) is 3.96. The van der Waals surface area contributed by atoms with Crippen molar-refractivity contribution in [1.29, 1.82) is 0 Å². The van der Waals surface area contributed by atoms with Gasteiger partial charge in [0, 0.05) is 36.1 Å². The zero-order valence-corrected chi connectivity index (χ0v) is 17.0. The maximum atomic E-state index is 12.2. The molecule has 2 saturated heterocycles. The average Bonchev–Trinajstić information content (AvgIpc) is 2.87. The number of carboxylic acids is 1. The molecule has 0 saturated carbocycles. The first-order chi connectivity index (χ1) is 10.7. The van der Waals surface area contributed by atoms with Crippen molar-refractivity contribution >= 4 is 29.5 Å². The fourth-order valence-electron chi connectivity index (χ4n) is 3.75. The number of fused-ring (bicyclic) bond motifs is 1. The number of carboxylic acid groups (broad SMARTS) is 1. The second-order valence-electron chi connectivity index (χ2n) is 6.47. The predicted molar refractivity (Wildman–Crippen MR) is 80.6 cm³/mol. The third kappa shape index (κ3) is 2.92. The quantitative estimate of drug-likeness (QED) is 0.402. The monoisotopic (exact) mass is 362 g/mol. The van der Waals surface area contributed by atoms with Gasteiger partial charge in [-0.05, 0) is 6.92 Å². The van der Waals surface area contributed by atoms with E-state index in [1.165, 1.54) is 16.7 Å². The van der Waals surface area contributed by atoms with Crippen LogP contribution >= 0.6 is 11.8 Å². The molecule has 0 aromatic carbocycles. The molecule has 2 amide bonds. The molecule has 2 fully saturated rings. The van der Waals surface area contributed by atoms with E-state index in [0.29, 0.717) is 17.9 Å². The molecular weight excluding hydrogens is 343 g/mol. The van der Waals surface area contributed by atoms with Crippen LogP contribution in [0.25, 0.3) is 0 Å². The Balaban J connectivity index is 0.00000208. The van der Waals surface area contributed by atoms with Crippen molar-refractivity contribution < 1.29 is 54.2 Å². The largest absolute Gasteiger partial charge is 1.00 e. The minimum absolute atomic E-state index is 0. The number of carbonyl (C=O) groups is 3. The van der Waals surface area contributed by atoms with E-state index in [9.17, 15) is 24.6 Å². The number of likely N-dealkylation sites (tertiary alicyclic amines) is 1. The molecule has 0 radical (unpaired) electrons. The number of β-lactam (4-membered cyclic amide) rings is 1. The summed E-state index contributed by atoms with van der Waals surface area (Å²) >= 11 is 1.35. The van der Waals surface area contributed by atoms with Crippen LogP contribution in [0.5, 0.6) is 0 Å². The van der Waals surface area contributed by atoms with E-state index in [4.69, 9.17) is 0 Å². The van der Waals surface area contributed by atoms with Gasteiger partial charge in [-0.1, -0.05) is 6.92 Å². The van der Waals surface area contributed by atoms with Crippen molar-refractivity contribution in [1.82, 2.24) is 9.80 Å². The topological polar surface area (TPSA) is 101 Å². The first-order valence-corrected chi connectivity index (χ1v) is 8.49. The number of amides is 2. The van der Waals surface area contributed by atoms with Crippen LogP contribution in [-0.4, -0.2) is 63.7 Å². The average molecular weight is 362 g/mol. The molecule has 1 unspecified atom stereocenters. The Morgan fingerprint density at radius 1 is 1.42 bits per heavy atom. The van der Waals surface area contributed by atoms with Gasteiger partial charge in [-0.3, -0.25) is 9.59 Å². The van der Waals surface area contributed by atoms with Gasteiger partial charge >= 0.3 is 29.6 Å². The molecule has 126 valence electrons. The van der Waals surface area contributed by atoms with E-state index >= 15 is 0 Å². The van der Waals surface area contributed by atoms with Crippen LogP contribution in [0.2, 0.25) is 0 Å². The van der Waals surface area contributed by atoms with Crippen molar-refractivity contribution in [3.63, 3.8) is 0 Å². The first kappa shape index (κ1) is 19.8. The number of hydrogen-bond donors (Lipinski definition) is 1. The van der Waals surface area contributed by atoms with Gasteiger partial charge in [0.05, 0.1) is 29.7 Å². The normalized spacial score (nSPS) is 33.3. The van der Waals surface area contributed by atoms with E-state index in [1.54, 1.807) is 18.9 Å². The molecule has 5 atom stereocenters. The predicted octanol–water partition coefficient (Wildman–Crippen LogP) is -4.23. The maximum absolute atomic E-state index is 12.2. The molecule has 0 bridgehead atoms. The zero-order valence-electron chi connectivity index (χ0n) is 14.2. The molecule has 9 heteroatoms. The number of thioether (sulfide) groups is 1. The molecule has 0 spiro atoms. The van der Waals surface area contributed by atoms with Crippen molar-refractivity contribution in [2.45, 2.75) is 37.7 Å². The number of aliphatic carboxylic acids is 1. The van der Waals surface area contributed by atoms with Crippen molar-refractivity contribution in [3.05, 3.63) is 10.6 Å². The number of carbonyl (C=O) groups excluding carboxylic acids is 3. The zero-order chi connectivity index (χ0) is 17.0. The van der Waals surface area contributed by atoms with Gasteiger partial charge in [0.1, 0.15) is 0 Å². The SMILES string of the molecule is C[C@@H](O)[C@H]1C(=O)N2C(C(=O)[O-])=C(SC3CC(=O)N(C)C3)[C@H](C)[C@H]12.[Na+]. The third-order valence-corrected chi connectivity index (χ3v) is 6.37. The van der Waals surface area contributed by atoms with E-state index in [0.717, 1.165) is 0 Å². The van der Waals surface area contributed by atoms with E-state index < -0.39 is 18.0 Å². The third-order valence-electron chi connectivity index (χ3n) is 4.90. The first-order valence-electron chi connectivity index (χ1n) is 7.61. The van der Waals surface area contributed by atoms with Crippen LogP contribution in [0.4, 0.5) is 0 Å². The van der Waals surface area contributed by atoms with Crippen LogP contribution in [-0.2, 0) is 14.4 Å². The summed E-state index contributed by atoms with van der Waals surface area (Å²) in [5.41, 5.74) is -0.0867. The standard InChI is InChI=1S/C15H20N2O5S.Na/c1-6-11-10(7(2)18)14(20)17(11)12(15(21)22)13(6)23-8-4-9(19)16(3)5-8;/h6-8,10-11,18H,4-5H2,1-3H3,(H,21,22);/q;+1/p-1/t6-,7-,8?,10-,11-;/m1./s1. The molecule has 7 nitrogen and oxygen atoms in total. The van der Waals surface area contributed by atoms with Crippen molar-refractivity contribution in [3.8, 4) is 0 Å². The van der Waals surface area contributed by atoms with Gasteiger partial charge in [0.15, 0.2) is 0 Å². The summed E-state index contributed by atoms with van der Waals surface area (Å²) in [6, 6.07) is -0.340. The van der Waals surface area contributed by atoms with Crippen LogP contribution in [0, 0.1) is 11.8 Å². The van der Waals surface area contributed by atoms with Gasteiger partial charge in [-0.25, -0.2) is 0 Å². The maximum Gasteiger partial charge on any atom is 1.00 e. The second kappa shape index (κ2) is 6.99. The van der Waals surface area contributed by atoms with Gasteiger partial charge < -0.3 is 24.8 Å². The molecule has 3 heterocycles. The summed E-state index contributed by atoms with van der Waals surface area (Å²) in [5, 5.41) is 21.3. The van der Waals surface area contributed by atoms with Crippen LogP contribution in [0.3, 0.4) is 0 Å². The molecule has 3 aliphatic rings. The van der Waals surface area contributed by atoms with Gasteiger partial charge in [-0.2, -0.15) is 0 Å². The minimum Gasteiger partial charge on any atom is -0.543 e. The molecule has 1 N–H and O–H groups in total. The molecule has 0 aliphatic carbocycles. The van der Waals surface area contributed by atoms with Gasteiger partial charge in [-0.15, -0.1) is 11.8 Å². The molecule has 24 heavy (non-hydrogen) atoms. The number of rotatable bonds is 4. The molecule has 0 aromatic heterocycles. The number of aliphatic hydroxyl groups excluding tert-OH is 1. The minimum atomic E-state index is -1.38. The smallest absolute Gasteiger partial charge is 0.543 e. The summed E-state index contributed by atoms with van der Waals surface area (Å²) in [5.74, 6) is -2.48. The fraction of sp³-hybridized carbons (Fsp3) is 0.667. The van der Waals surface area contributed by atoms with E-state index in [-0.39, 0.29) is 64.3 Å². The van der Waals surface area contributed by atoms with Gasteiger partial charge in [0.25, 0.3) is 0 Å². The van der Waals surface area contributed by atoms with Crippen LogP contribution < -0.4 is 34.7 Å². The van der Waals surface area contributed by atoms with Crippen molar-refractivity contribution in [2.75, 3.05) is 13.6 Å². The Hall–Kier alpha value is -0.540. The summed E-state index contributed by atoms with van der Waals surface area (Å²) in [4.78, 5) is 38.9. The Morgan fingerprint density at radius 3 is 2.50 bits per heavy atom. The van der Waals surface area contributed by atoms with Gasteiger partial charge in [0.2, 0.25) is 11.8 Å².